The fourth-order valence-corrected chi connectivity index (χ4v) is 3.97. The molecule has 0 fully saturated rings. The molecule has 6 nitrogen and oxygen atoms in total. The normalized spacial score (nSPS) is 15.1. The van der Waals surface area contributed by atoms with Crippen molar-refractivity contribution in [2.75, 3.05) is 28.4 Å². The van der Waals surface area contributed by atoms with Crippen molar-refractivity contribution >= 4 is 23.7 Å². The number of carbonyl (C=O) groups is 2. The molecular formula is C28H29FO6. The third-order valence-electron chi connectivity index (χ3n) is 6.08. The van der Waals surface area contributed by atoms with Crippen molar-refractivity contribution < 1.29 is 32.9 Å². The molecule has 1 aliphatic rings. The quantitative estimate of drug-likeness (QED) is 0.325. The van der Waals surface area contributed by atoms with Gasteiger partial charge in [0, 0.05) is 6.42 Å². The molecule has 7 heteroatoms. The molecule has 0 N–H and O–H groups in total. The van der Waals surface area contributed by atoms with Crippen LogP contribution in [-0.4, -0.2) is 40.0 Å². The topological polar surface area (TPSA) is 71.1 Å². The Bertz CT molecular complexity index is 1100. The van der Waals surface area contributed by atoms with E-state index in [2.05, 4.69) is 0 Å². The second-order valence-corrected chi connectivity index (χ2v) is 8.06. The Labute approximate surface area is 204 Å². The van der Waals surface area contributed by atoms with E-state index in [1.807, 2.05) is 0 Å². The zero-order valence-electron chi connectivity index (χ0n) is 20.3. The second-order valence-electron chi connectivity index (χ2n) is 8.06. The smallest absolute Gasteiger partial charge is 0.169 e. The van der Waals surface area contributed by atoms with E-state index in [9.17, 15) is 14.0 Å². The Hall–Kier alpha value is -3.87. The molecule has 0 aliphatic heterocycles. The summed E-state index contributed by atoms with van der Waals surface area (Å²) in [6.45, 7) is 0. The Morgan fingerprint density at radius 3 is 1.60 bits per heavy atom. The molecule has 3 rings (SSSR count). The lowest BCUT2D eigenvalue weighted by molar-refractivity contribution is -0.135. The van der Waals surface area contributed by atoms with Gasteiger partial charge in [0.1, 0.15) is 0 Å². The first kappa shape index (κ1) is 25.7. The van der Waals surface area contributed by atoms with Gasteiger partial charge in [0.15, 0.2) is 34.6 Å². The maximum Gasteiger partial charge on any atom is 0.169 e. The zero-order valence-corrected chi connectivity index (χ0v) is 20.3. The average molecular weight is 481 g/mol. The van der Waals surface area contributed by atoms with Gasteiger partial charge < -0.3 is 18.9 Å². The molecule has 2 aromatic rings. The predicted octanol–water partition coefficient (Wildman–Crippen LogP) is 5.61. The van der Waals surface area contributed by atoms with Crippen LogP contribution in [0.2, 0.25) is 0 Å². The second kappa shape index (κ2) is 11.5. The number of halogens is 1. The van der Waals surface area contributed by atoms with Gasteiger partial charge in [0.05, 0.1) is 39.7 Å². The van der Waals surface area contributed by atoms with Crippen LogP contribution in [0.15, 0.2) is 60.5 Å². The molecule has 184 valence electrons. The van der Waals surface area contributed by atoms with Gasteiger partial charge in [-0.2, -0.15) is 0 Å². The van der Waals surface area contributed by atoms with Crippen molar-refractivity contribution in [2.24, 2.45) is 5.41 Å². The molecule has 35 heavy (non-hydrogen) atoms. The van der Waals surface area contributed by atoms with Gasteiger partial charge >= 0.3 is 0 Å². The van der Waals surface area contributed by atoms with E-state index >= 15 is 0 Å². The van der Waals surface area contributed by atoms with Crippen LogP contribution in [0.1, 0.15) is 30.4 Å². The number of ketones is 2. The minimum Gasteiger partial charge on any atom is -0.493 e. The molecule has 0 amide bonds. The summed E-state index contributed by atoms with van der Waals surface area (Å²) < 4.78 is 34.9. The molecule has 1 aliphatic carbocycles. The van der Waals surface area contributed by atoms with Crippen molar-refractivity contribution in [3.8, 4) is 23.0 Å². The fraction of sp³-hybridized carbons (Fsp3) is 0.286. The highest BCUT2D eigenvalue weighted by Crippen LogP contribution is 2.39. The summed E-state index contributed by atoms with van der Waals surface area (Å²) in [4.78, 5) is 26.7. The van der Waals surface area contributed by atoms with Crippen LogP contribution in [0.5, 0.6) is 23.0 Å². The van der Waals surface area contributed by atoms with Gasteiger partial charge in [-0.3, -0.25) is 9.59 Å². The largest absolute Gasteiger partial charge is 0.493 e. The van der Waals surface area contributed by atoms with Crippen molar-refractivity contribution in [3.05, 3.63) is 71.6 Å². The first-order valence-corrected chi connectivity index (χ1v) is 11.1. The lowest BCUT2D eigenvalue weighted by atomic mass is 9.70. The van der Waals surface area contributed by atoms with Gasteiger partial charge in [-0.05, 0) is 60.4 Å². The highest BCUT2D eigenvalue weighted by molar-refractivity contribution is 6.17. The van der Waals surface area contributed by atoms with Crippen molar-refractivity contribution in [2.45, 2.75) is 19.3 Å². The monoisotopic (exact) mass is 480 g/mol. The van der Waals surface area contributed by atoms with E-state index < -0.39 is 5.41 Å². The summed E-state index contributed by atoms with van der Waals surface area (Å²) in [5.41, 5.74) is 0.0457. The van der Waals surface area contributed by atoms with E-state index in [0.29, 0.717) is 34.1 Å². The van der Waals surface area contributed by atoms with E-state index in [1.165, 1.54) is 46.7 Å². The molecular weight excluding hydrogens is 451 g/mol. The van der Waals surface area contributed by atoms with Crippen LogP contribution in [0.25, 0.3) is 12.2 Å². The Kier molecular flexibility index (Phi) is 8.47. The Balaban J connectivity index is 1.87. The molecule has 0 spiro atoms. The summed E-state index contributed by atoms with van der Waals surface area (Å²) in [6, 6.07) is 10.5. The number of hydrogen-bond acceptors (Lipinski definition) is 6. The van der Waals surface area contributed by atoms with Crippen molar-refractivity contribution in [3.63, 3.8) is 0 Å². The molecule has 2 aromatic carbocycles. The first-order chi connectivity index (χ1) is 16.9. The number of methoxy groups -OCH3 is 4. The molecule has 0 radical (unpaired) electrons. The van der Waals surface area contributed by atoms with Crippen LogP contribution in [0.3, 0.4) is 0 Å². The lowest BCUT2D eigenvalue weighted by Crippen LogP contribution is -2.38. The van der Waals surface area contributed by atoms with Gasteiger partial charge in [0.2, 0.25) is 0 Å². The van der Waals surface area contributed by atoms with Gasteiger partial charge in [-0.25, -0.2) is 4.39 Å². The summed E-state index contributed by atoms with van der Waals surface area (Å²) in [7, 11) is 6.13. The van der Waals surface area contributed by atoms with E-state index in [0.717, 1.165) is 0 Å². The fourth-order valence-electron chi connectivity index (χ4n) is 3.97. The third-order valence-corrected chi connectivity index (χ3v) is 6.08. The Morgan fingerprint density at radius 2 is 1.23 bits per heavy atom. The molecule has 0 atom stereocenters. The van der Waals surface area contributed by atoms with Crippen LogP contribution in [-0.2, 0) is 9.59 Å². The number of rotatable bonds is 10. The number of carbonyl (C=O) groups excluding carboxylic acids is 2. The summed E-state index contributed by atoms with van der Waals surface area (Å²) in [5.74, 6) is 1.11. The first-order valence-electron chi connectivity index (χ1n) is 11.1. The number of allylic oxidation sites excluding steroid dienone is 4. The SMILES string of the molecule is COc1ccc(/C=C/C(=O)C2(C(=O)/C=C/c3ccc(OC)c(OC)c3)CC=C(F)CC2)cc1OC. The molecule has 0 saturated heterocycles. The number of ether oxygens (including phenoxy) is 4. The molecule has 0 aromatic heterocycles. The number of benzene rings is 2. The summed E-state index contributed by atoms with van der Waals surface area (Å²) in [6.07, 6.45) is 7.45. The van der Waals surface area contributed by atoms with Gasteiger partial charge in [-0.1, -0.05) is 30.4 Å². The standard InChI is InChI=1S/C28H29FO6/c1-32-22-9-5-19(17-24(22)34-3)7-11-26(30)28(15-13-21(29)14-16-28)27(31)12-8-20-6-10-23(33-2)25(18-20)35-4/h5-13,17-18H,14-16H2,1-4H3/b11-7+,12-8+. The average Bonchev–Trinajstić information content (AvgIpc) is 2.90. The number of hydrogen-bond donors (Lipinski definition) is 0. The van der Waals surface area contributed by atoms with Crippen LogP contribution in [0, 0.1) is 5.41 Å². The van der Waals surface area contributed by atoms with Crippen molar-refractivity contribution in [1.82, 2.24) is 0 Å². The summed E-state index contributed by atoms with van der Waals surface area (Å²) in [5, 5.41) is 0. The van der Waals surface area contributed by atoms with Crippen molar-refractivity contribution in [1.29, 1.82) is 0 Å². The maximum absolute atomic E-state index is 13.8. The zero-order chi connectivity index (χ0) is 25.4. The molecule has 0 heterocycles. The third kappa shape index (κ3) is 5.80. The highest BCUT2D eigenvalue weighted by atomic mass is 19.1. The van der Waals surface area contributed by atoms with E-state index in [1.54, 1.807) is 48.6 Å². The van der Waals surface area contributed by atoms with E-state index in [-0.39, 0.29) is 36.7 Å². The summed E-state index contributed by atoms with van der Waals surface area (Å²) >= 11 is 0. The molecule has 0 saturated carbocycles. The van der Waals surface area contributed by atoms with Crippen LogP contribution < -0.4 is 18.9 Å². The predicted molar refractivity (Wildman–Crippen MR) is 133 cm³/mol. The molecule has 0 unspecified atom stereocenters. The minimum atomic E-state index is -1.37. The molecule has 0 bridgehead atoms. The highest BCUT2D eigenvalue weighted by Gasteiger charge is 2.43. The Morgan fingerprint density at radius 1 is 0.771 bits per heavy atom. The van der Waals surface area contributed by atoms with Crippen LogP contribution >= 0.6 is 0 Å². The lowest BCUT2D eigenvalue weighted by Gasteiger charge is -2.30. The minimum absolute atomic E-state index is 0.00302. The van der Waals surface area contributed by atoms with Gasteiger partial charge in [-0.15, -0.1) is 0 Å². The van der Waals surface area contributed by atoms with Gasteiger partial charge in [0.25, 0.3) is 0 Å². The van der Waals surface area contributed by atoms with Crippen LogP contribution in [0.4, 0.5) is 4.39 Å². The van der Waals surface area contributed by atoms with E-state index in [4.69, 9.17) is 18.9 Å². The maximum atomic E-state index is 13.8.